The van der Waals surface area contributed by atoms with E-state index in [1.165, 1.54) is 31.4 Å². The van der Waals surface area contributed by atoms with Gasteiger partial charge in [-0.1, -0.05) is 45.0 Å². The van der Waals surface area contributed by atoms with Crippen molar-refractivity contribution in [2.45, 2.75) is 65.2 Å². The first-order valence-corrected chi connectivity index (χ1v) is 9.28. The van der Waals surface area contributed by atoms with Crippen LogP contribution in [0.1, 0.15) is 70.8 Å². The van der Waals surface area contributed by atoms with Gasteiger partial charge in [-0.25, -0.2) is 4.39 Å². The first kappa shape index (κ1) is 18.8. The van der Waals surface area contributed by atoms with E-state index in [0.717, 1.165) is 38.0 Å². The molecule has 1 aliphatic rings. The van der Waals surface area contributed by atoms with Gasteiger partial charge in [-0.2, -0.15) is 4.39 Å². The van der Waals surface area contributed by atoms with Crippen LogP contribution < -0.4 is 4.74 Å². The maximum Gasteiger partial charge on any atom is 0.201 e. The molecule has 132 valence electrons. The zero-order valence-corrected chi connectivity index (χ0v) is 14.8. The van der Waals surface area contributed by atoms with Crippen LogP contribution in [0.2, 0.25) is 0 Å². The highest BCUT2D eigenvalue weighted by Gasteiger charge is 2.18. The third kappa shape index (κ3) is 5.23. The molecule has 0 bridgehead atoms. The van der Waals surface area contributed by atoms with Crippen molar-refractivity contribution in [3.8, 4) is 17.6 Å². The highest BCUT2D eigenvalue weighted by Crippen LogP contribution is 2.30. The molecule has 0 aliphatic heterocycles. The molecule has 0 saturated heterocycles. The van der Waals surface area contributed by atoms with Crippen LogP contribution in [-0.2, 0) is 0 Å². The first-order chi connectivity index (χ1) is 11.7. The molecule has 0 radical (unpaired) electrons. The quantitative estimate of drug-likeness (QED) is 0.451. The summed E-state index contributed by atoms with van der Waals surface area (Å²) in [7, 11) is 0. The van der Waals surface area contributed by atoms with Gasteiger partial charge in [0.1, 0.15) is 0 Å². The standard InChI is InChI=1S/C21H28F2O/c1-3-5-6-15-24-19-14-13-18(20(22)21(19)23)12-11-17-9-7-16(4-2)8-10-17/h13-14,16-17H,3-10,15H2,1-2H3. The summed E-state index contributed by atoms with van der Waals surface area (Å²) in [6, 6.07) is 3.01. The van der Waals surface area contributed by atoms with Crippen LogP contribution in [-0.4, -0.2) is 6.61 Å². The summed E-state index contributed by atoms with van der Waals surface area (Å²) in [5, 5.41) is 0. The number of ether oxygens (including phenoxy) is 1. The Labute approximate surface area is 144 Å². The van der Waals surface area contributed by atoms with Crippen LogP contribution in [0.15, 0.2) is 12.1 Å². The number of hydrogen-bond acceptors (Lipinski definition) is 1. The van der Waals surface area contributed by atoms with Gasteiger partial charge in [0.15, 0.2) is 11.6 Å². The van der Waals surface area contributed by atoms with E-state index in [9.17, 15) is 8.78 Å². The maximum atomic E-state index is 14.2. The second kappa shape index (κ2) is 9.67. The van der Waals surface area contributed by atoms with E-state index in [1.807, 2.05) is 0 Å². The molecule has 1 nitrogen and oxygen atoms in total. The number of halogens is 2. The van der Waals surface area contributed by atoms with Crippen molar-refractivity contribution in [3.05, 3.63) is 29.3 Å². The molecule has 0 amide bonds. The Morgan fingerprint density at radius 2 is 1.79 bits per heavy atom. The van der Waals surface area contributed by atoms with Crippen molar-refractivity contribution in [3.63, 3.8) is 0 Å². The van der Waals surface area contributed by atoms with Crippen LogP contribution in [0.25, 0.3) is 0 Å². The predicted octanol–water partition coefficient (Wildman–Crippen LogP) is 6.10. The molecule has 3 heteroatoms. The lowest BCUT2D eigenvalue weighted by molar-refractivity contribution is 0.286. The van der Waals surface area contributed by atoms with Crippen LogP contribution in [0.3, 0.4) is 0 Å². The minimum atomic E-state index is -0.923. The summed E-state index contributed by atoms with van der Waals surface area (Å²) < 4.78 is 33.5. The monoisotopic (exact) mass is 334 g/mol. The highest BCUT2D eigenvalue weighted by atomic mass is 19.2. The van der Waals surface area contributed by atoms with Crippen molar-refractivity contribution < 1.29 is 13.5 Å². The molecule has 0 atom stereocenters. The zero-order chi connectivity index (χ0) is 17.4. The minimum absolute atomic E-state index is 0.0161. The highest BCUT2D eigenvalue weighted by molar-refractivity contribution is 5.41. The van der Waals surface area contributed by atoms with Gasteiger partial charge < -0.3 is 4.74 Å². The van der Waals surface area contributed by atoms with Gasteiger partial charge in [0.05, 0.1) is 12.2 Å². The van der Waals surface area contributed by atoms with Gasteiger partial charge in [-0.3, -0.25) is 0 Å². The van der Waals surface area contributed by atoms with E-state index in [1.54, 1.807) is 0 Å². The SMILES string of the molecule is CCCCCOc1ccc(C#CC2CCC(CC)CC2)c(F)c1F. The zero-order valence-electron chi connectivity index (χ0n) is 14.8. The van der Waals surface area contributed by atoms with Crippen LogP contribution in [0.4, 0.5) is 8.78 Å². The van der Waals surface area contributed by atoms with E-state index >= 15 is 0 Å². The van der Waals surface area contributed by atoms with E-state index in [2.05, 4.69) is 25.7 Å². The molecular formula is C21H28F2O. The van der Waals surface area contributed by atoms with Gasteiger partial charge >= 0.3 is 0 Å². The Bertz CT molecular complexity index is 577. The molecule has 0 spiro atoms. The Kier molecular flexibility index (Phi) is 7.56. The third-order valence-corrected chi connectivity index (χ3v) is 4.89. The second-order valence-corrected chi connectivity index (χ2v) is 6.69. The van der Waals surface area contributed by atoms with Crippen molar-refractivity contribution in [1.29, 1.82) is 0 Å². The average molecular weight is 334 g/mol. The number of hydrogen-bond donors (Lipinski definition) is 0. The molecule has 1 saturated carbocycles. The summed E-state index contributed by atoms with van der Waals surface area (Å²) in [5.74, 6) is 5.25. The lowest BCUT2D eigenvalue weighted by Crippen LogP contribution is -2.12. The lowest BCUT2D eigenvalue weighted by atomic mass is 9.81. The van der Waals surface area contributed by atoms with Crippen molar-refractivity contribution in [2.75, 3.05) is 6.61 Å². The van der Waals surface area contributed by atoms with Gasteiger partial charge in [0.2, 0.25) is 5.82 Å². The summed E-state index contributed by atoms with van der Waals surface area (Å²) >= 11 is 0. The van der Waals surface area contributed by atoms with Crippen LogP contribution in [0, 0.1) is 35.3 Å². The number of benzene rings is 1. The summed E-state index contributed by atoms with van der Waals surface area (Å²) in [5.41, 5.74) is 0.131. The molecular weight excluding hydrogens is 306 g/mol. The first-order valence-electron chi connectivity index (χ1n) is 9.28. The topological polar surface area (TPSA) is 9.23 Å². The van der Waals surface area contributed by atoms with Crippen molar-refractivity contribution in [2.24, 2.45) is 11.8 Å². The Morgan fingerprint density at radius 3 is 2.46 bits per heavy atom. The third-order valence-electron chi connectivity index (χ3n) is 4.89. The Hall–Kier alpha value is -1.56. The fourth-order valence-corrected chi connectivity index (χ4v) is 3.17. The van der Waals surface area contributed by atoms with Crippen molar-refractivity contribution in [1.82, 2.24) is 0 Å². The molecule has 1 aromatic carbocycles. The second-order valence-electron chi connectivity index (χ2n) is 6.69. The van der Waals surface area contributed by atoms with E-state index in [0.29, 0.717) is 12.5 Å². The molecule has 24 heavy (non-hydrogen) atoms. The lowest BCUT2D eigenvalue weighted by Gasteiger charge is -2.24. The number of unbranched alkanes of at least 4 members (excludes halogenated alkanes) is 2. The molecule has 0 heterocycles. The fourth-order valence-electron chi connectivity index (χ4n) is 3.17. The van der Waals surface area contributed by atoms with E-state index in [-0.39, 0.29) is 11.3 Å². The van der Waals surface area contributed by atoms with Crippen molar-refractivity contribution >= 4 is 0 Å². The molecule has 2 rings (SSSR count). The average Bonchev–Trinajstić information content (AvgIpc) is 2.62. The molecule has 0 N–H and O–H groups in total. The summed E-state index contributed by atoms with van der Waals surface area (Å²) in [6.07, 6.45) is 8.67. The van der Waals surface area contributed by atoms with Gasteiger partial charge in [-0.15, -0.1) is 0 Å². The van der Waals surface area contributed by atoms with Gasteiger partial charge in [0.25, 0.3) is 0 Å². The van der Waals surface area contributed by atoms with Gasteiger partial charge in [0, 0.05) is 5.92 Å². The summed E-state index contributed by atoms with van der Waals surface area (Å²) in [6.45, 7) is 4.72. The normalized spacial score (nSPS) is 20.3. The van der Waals surface area contributed by atoms with E-state index in [4.69, 9.17) is 4.74 Å². The molecule has 1 fully saturated rings. The van der Waals surface area contributed by atoms with E-state index < -0.39 is 11.6 Å². The smallest absolute Gasteiger partial charge is 0.201 e. The van der Waals surface area contributed by atoms with Crippen LogP contribution in [0.5, 0.6) is 5.75 Å². The molecule has 0 unspecified atom stereocenters. The Balaban J connectivity index is 1.97. The summed E-state index contributed by atoms with van der Waals surface area (Å²) in [4.78, 5) is 0. The molecule has 0 aromatic heterocycles. The minimum Gasteiger partial charge on any atom is -0.490 e. The number of rotatable bonds is 6. The predicted molar refractivity (Wildman–Crippen MR) is 94.0 cm³/mol. The van der Waals surface area contributed by atoms with Crippen LogP contribution >= 0.6 is 0 Å². The molecule has 1 aromatic rings. The van der Waals surface area contributed by atoms with Gasteiger partial charge in [-0.05, 0) is 50.2 Å². The largest absolute Gasteiger partial charge is 0.490 e. The Morgan fingerprint density at radius 1 is 1.04 bits per heavy atom. The molecule has 1 aliphatic carbocycles. The maximum absolute atomic E-state index is 14.2. The fraction of sp³-hybridized carbons (Fsp3) is 0.619.